The van der Waals surface area contributed by atoms with Gasteiger partial charge in [-0.1, -0.05) is 0 Å². The van der Waals surface area contributed by atoms with Crippen molar-refractivity contribution in [3.8, 4) is 11.7 Å². The van der Waals surface area contributed by atoms with Gasteiger partial charge < -0.3 is 14.7 Å². The first kappa shape index (κ1) is 26.1. The van der Waals surface area contributed by atoms with Crippen molar-refractivity contribution in [1.29, 1.82) is 0 Å². The summed E-state index contributed by atoms with van der Waals surface area (Å²) in [6.07, 6.45) is 9.87. The second-order valence-corrected chi connectivity index (χ2v) is 10.6. The van der Waals surface area contributed by atoms with Crippen LogP contribution in [0.5, 0.6) is 6.01 Å². The number of halogens is 1. The van der Waals surface area contributed by atoms with Crippen molar-refractivity contribution < 1.29 is 19.0 Å². The summed E-state index contributed by atoms with van der Waals surface area (Å²) < 4.78 is 22.0. The molecule has 40 heavy (non-hydrogen) atoms. The summed E-state index contributed by atoms with van der Waals surface area (Å²) in [5.41, 5.74) is -0.505. The Morgan fingerprint density at radius 2 is 1.75 bits per heavy atom. The largest absolute Gasteiger partial charge is 0.460 e. The minimum absolute atomic E-state index is 0.00459. The SMILES string of the molecule is O=c1c2cnn(-c3ccc(F)cc3)c2ncn1CC1(O)CCN(C(=O)[C@H]2CC[C@H](Oc3ncccn3)CC2)CC1. The van der Waals surface area contributed by atoms with Crippen molar-refractivity contribution in [2.45, 2.75) is 56.8 Å². The van der Waals surface area contributed by atoms with Crippen molar-refractivity contribution in [2.24, 2.45) is 5.92 Å². The number of piperidine rings is 1. The molecule has 1 aromatic carbocycles. The fourth-order valence-corrected chi connectivity index (χ4v) is 5.63. The number of amides is 1. The third kappa shape index (κ3) is 5.31. The van der Waals surface area contributed by atoms with Crippen LogP contribution in [0.25, 0.3) is 16.7 Å². The van der Waals surface area contributed by atoms with E-state index in [1.165, 1.54) is 33.9 Å². The zero-order chi connectivity index (χ0) is 27.7. The lowest BCUT2D eigenvalue weighted by Crippen LogP contribution is -2.51. The molecule has 0 radical (unpaired) electrons. The van der Waals surface area contributed by atoms with Crippen molar-refractivity contribution in [1.82, 2.24) is 34.2 Å². The monoisotopic (exact) mass is 547 g/mol. The Labute approximate surface area is 229 Å². The minimum atomic E-state index is -1.13. The normalized spacial score (nSPS) is 20.9. The Kier molecular flexibility index (Phi) is 7.01. The molecule has 3 aromatic heterocycles. The number of aromatic nitrogens is 6. The van der Waals surface area contributed by atoms with Crippen LogP contribution in [-0.2, 0) is 11.3 Å². The molecule has 208 valence electrons. The van der Waals surface area contributed by atoms with Gasteiger partial charge in [0.2, 0.25) is 5.91 Å². The van der Waals surface area contributed by atoms with E-state index in [2.05, 4.69) is 20.1 Å². The smallest absolute Gasteiger partial charge is 0.316 e. The number of carbonyl (C=O) groups is 1. The van der Waals surface area contributed by atoms with Crippen molar-refractivity contribution in [3.05, 3.63) is 71.4 Å². The molecule has 4 heterocycles. The molecular weight excluding hydrogens is 517 g/mol. The van der Waals surface area contributed by atoms with Gasteiger partial charge in [0, 0.05) is 31.4 Å². The predicted molar refractivity (Wildman–Crippen MR) is 142 cm³/mol. The van der Waals surface area contributed by atoms with E-state index < -0.39 is 5.60 Å². The molecule has 6 rings (SSSR count). The number of aliphatic hydroxyl groups is 1. The summed E-state index contributed by atoms with van der Waals surface area (Å²) in [6, 6.07) is 7.86. The van der Waals surface area contributed by atoms with Crippen molar-refractivity contribution >= 4 is 16.9 Å². The van der Waals surface area contributed by atoms with E-state index in [9.17, 15) is 19.1 Å². The number of likely N-dealkylation sites (tertiary alicyclic amines) is 1. The van der Waals surface area contributed by atoms with Crippen LogP contribution in [0, 0.1) is 11.7 Å². The number of rotatable bonds is 6. The molecule has 1 aliphatic carbocycles. The van der Waals surface area contributed by atoms with Crippen LogP contribution in [0.1, 0.15) is 38.5 Å². The summed E-state index contributed by atoms with van der Waals surface area (Å²) in [6.45, 7) is 0.926. The molecule has 2 fully saturated rings. The first-order valence-electron chi connectivity index (χ1n) is 13.5. The standard InChI is InChI=1S/C28H30FN7O4/c29-20-4-6-21(7-5-20)36-24-23(16-33-36)26(38)35(18-32-24)17-28(39)10-14-34(15-11-28)25(37)19-2-8-22(9-3-19)40-27-30-12-1-13-31-27/h1,4-7,12-13,16,18-19,22,39H,2-3,8-11,14-15,17H2/t19-,22-. The van der Waals surface area contributed by atoms with Crippen LogP contribution in [0.15, 0.2) is 60.0 Å². The number of carbonyl (C=O) groups excluding carboxylic acids is 1. The molecule has 0 atom stereocenters. The van der Waals surface area contributed by atoms with E-state index in [1.807, 2.05) is 4.90 Å². The maximum atomic E-state index is 13.3. The fourth-order valence-electron chi connectivity index (χ4n) is 5.63. The first-order chi connectivity index (χ1) is 19.4. The van der Waals surface area contributed by atoms with Crippen LogP contribution in [0.2, 0.25) is 0 Å². The Morgan fingerprint density at radius 1 is 1.05 bits per heavy atom. The lowest BCUT2D eigenvalue weighted by molar-refractivity contribution is -0.141. The molecule has 12 heteroatoms. The molecule has 1 amide bonds. The number of fused-ring (bicyclic) bond motifs is 1. The van der Waals surface area contributed by atoms with Gasteiger partial charge in [-0.15, -0.1) is 0 Å². The van der Waals surface area contributed by atoms with Crippen molar-refractivity contribution in [2.75, 3.05) is 13.1 Å². The molecule has 11 nitrogen and oxygen atoms in total. The maximum absolute atomic E-state index is 13.3. The average molecular weight is 548 g/mol. The molecule has 4 aromatic rings. The zero-order valence-electron chi connectivity index (χ0n) is 21.9. The topological polar surface area (TPSA) is 128 Å². The lowest BCUT2D eigenvalue weighted by atomic mass is 9.85. The molecule has 0 spiro atoms. The Morgan fingerprint density at radius 3 is 2.45 bits per heavy atom. The van der Waals surface area contributed by atoms with Crippen LogP contribution < -0.4 is 10.3 Å². The molecule has 0 unspecified atom stereocenters. The molecule has 2 aliphatic rings. The minimum Gasteiger partial charge on any atom is -0.460 e. The van der Waals surface area contributed by atoms with E-state index in [0.29, 0.717) is 48.7 Å². The highest BCUT2D eigenvalue weighted by molar-refractivity contribution is 5.79. The van der Waals surface area contributed by atoms with Crippen molar-refractivity contribution in [3.63, 3.8) is 0 Å². The zero-order valence-corrected chi connectivity index (χ0v) is 21.9. The van der Waals surface area contributed by atoms with Gasteiger partial charge in [0.05, 0.1) is 24.0 Å². The number of benzene rings is 1. The van der Waals surface area contributed by atoms with Gasteiger partial charge in [0.15, 0.2) is 5.65 Å². The highest BCUT2D eigenvalue weighted by Gasteiger charge is 2.37. The highest BCUT2D eigenvalue weighted by Crippen LogP contribution is 2.31. The summed E-state index contributed by atoms with van der Waals surface area (Å²) in [4.78, 5) is 40.8. The van der Waals surface area contributed by atoms with Gasteiger partial charge in [-0.25, -0.2) is 24.0 Å². The number of hydrogen-bond acceptors (Lipinski definition) is 8. The van der Waals surface area contributed by atoms with Crippen LogP contribution >= 0.6 is 0 Å². The Hall–Kier alpha value is -4.19. The molecule has 1 N–H and O–H groups in total. The maximum Gasteiger partial charge on any atom is 0.316 e. The Bertz CT molecular complexity index is 1540. The van der Waals surface area contributed by atoms with Crippen LogP contribution in [0.4, 0.5) is 4.39 Å². The van der Waals surface area contributed by atoms with Gasteiger partial charge >= 0.3 is 6.01 Å². The van der Waals surface area contributed by atoms with Crippen LogP contribution in [-0.4, -0.2) is 70.0 Å². The molecule has 0 bridgehead atoms. The number of nitrogens with zero attached hydrogens (tertiary/aromatic N) is 7. The van der Waals surface area contributed by atoms with Gasteiger partial charge in [0.1, 0.15) is 23.6 Å². The molecular formula is C28H30FN7O4. The second kappa shape index (κ2) is 10.8. The number of hydrogen-bond donors (Lipinski definition) is 1. The van der Waals surface area contributed by atoms with Gasteiger partial charge in [-0.3, -0.25) is 14.2 Å². The first-order valence-corrected chi connectivity index (χ1v) is 13.5. The summed E-state index contributed by atoms with van der Waals surface area (Å²) in [5, 5.41) is 15.9. The van der Waals surface area contributed by atoms with E-state index in [4.69, 9.17) is 4.74 Å². The summed E-state index contributed by atoms with van der Waals surface area (Å²) in [7, 11) is 0. The predicted octanol–water partition coefficient (Wildman–Crippen LogP) is 2.50. The number of ether oxygens (including phenoxy) is 1. The van der Waals surface area contributed by atoms with E-state index in [-0.39, 0.29) is 35.9 Å². The third-order valence-corrected chi connectivity index (χ3v) is 7.93. The lowest BCUT2D eigenvalue weighted by Gasteiger charge is -2.40. The summed E-state index contributed by atoms with van der Waals surface area (Å²) in [5.74, 6) is -0.313. The fraction of sp³-hybridized carbons (Fsp3) is 0.429. The van der Waals surface area contributed by atoms with Crippen LogP contribution in [0.3, 0.4) is 0 Å². The summed E-state index contributed by atoms with van der Waals surface area (Å²) >= 11 is 0. The van der Waals surface area contributed by atoms with E-state index >= 15 is 0 Å². The second-order valence-electron chi connectivity index (χ2n) is 10.6. The molecule has 1 saturated heterocycles. The molecule has 1 saturated carbocycles. The van der Waals surface area contributed by atoms with Gasteiger partial charge in [0.25, 0.3) is 5.56 Å². The Balaban J connectivity index is 1.05. The molecule has 1 aliphatic heterocycles. The van der Waals surface area contributed by atoms with E-state index in [0.717, 1.165) is 25.7 Å². The van der Waals surface area contributed by atoms with Gasteiger partial charge in [-0.05, 0) is 68.9 Å². The quantitative estimate of drug-likeness (QED) is 0.390. The van der Waals surface area contributed by atoms with E-state index in [1.54, 1.807) is 30.6 Å². The third-order valence-electron chi connectivity index (χ3n) is 7.93. The average Bonchev–Trinajstić information content (AvgIpc) is 3.41. The van der Waals surface area contributed by atoms with Gasteiger partial charge in [-0.2, -0.15) is 5.10 Å². The highest BCUT2D eigenvalue weighted by atomic mass is 19.1.